The smallest absolute Gasteiger partial charge is 0.162 e. The monoisotopic (exact) mass is 270 g/mol. The number of aromatic nitrogens is 1. The van der Waals surface area contributed by atoms with Crippen molar-refractivity contribution in [1.29, 1.82) is 0 Å². The van der Waals surface area contributed by atoms with Crippen molar-refractivity contribution < 1.29 is 14.0 Å². The summed E-state index contributed by atoms with van der Waals surface area (Å²) in [6, 6.07) is 2.37. The Balaban J connectivity index is 2.06. The van der Waals surface area contributed by atoms with E-state index in [0.29, 0.717) is 25.9 Å². The molecule has 0 spiro atoms. The van der Waals surface area contributed by atoms with Gasteiger partial charge in [0.15, 0.2) is 5.76 Å². The van der Waals surface area contributed by atoms with Crippen LogP contribution in [-0.2, 0) is 22.6 Å². The van der Waals surface area contributed by atoms with Crippen LogP contribution in [0, 0.1) is 0 Å². The molecule has 0 atom stereocenters. The summed E-state index contributed by atoms with van der Waals surface area (Å²) in [5.41, 5.74) is 0.909. The zero-order valence-electron chi connectivity index (χ0n) is 12.3. The van der Waals surface area contributed by atoms with E-state index in [9.17, 15) is 0 Å². The molecule has 1 heterocycles. The van der Waals surface area contributed by atoms with Crippen LogP contribution in [0.3, 0.4) is 0 Å². The number of unbranched alkanes of at least 4 members (excludes halogenated alkanes) is 1. The predicted molar refractivity (Wildman–Crippen MR) is 73.9 cm³/mol. The minimum atomic E-state index is 0.441. The van der Waals surface area contributed by atoms with Gasteiger partial charge < -0.3 is 19.3 Å². The molecule has 1 aromatic rings. The molecule has 0 amide bonds. The lowest BCUT2D eigenvalue weighted by molar-refractivity contribution is 0.0323. The SMILES string of the molecule is CCCCOCCOCc1cc(CNC(C)C)no1. The average Bonchev–Trinajstić information content (AvgIpc) is 2.83. The lowest BCUT2D eigenvalue weighted by atomic mass is 10.3. The molecule has 0 unspecified atom stereocenters. The third kappa shape index (κ3) is 7.97. The summed E-state index contributed by atoms with van der Waals surface area (Å²) in [5.74, 6) is 0.758. The van der Waals surface area contributed by atoms with Crippen molar-refractivity contribution in [3.8, 4) is 0 Å². The first kappa shape index (κ1) is 16.1. The maximum atomic E-state index is 5.46. The van der Waals surface area contributed by atoms with E-state index >= 15 is 0 Å². The standard InChI is InChI=1S/C14H26N2O3/c1-4-5-6-17-7-8-18-11-14-9-13(16-19-14)10-15-12(2)3/h9,12,15H,4-8,10-11H2,1-3H3. The third-order valence-electron chi connectivity index (χ3n) is 2.56. The summed E-state index contributed by atoms with van der Waals surface area (Å²) in [4.78, 5) is 0. The van der Waals surface area contributed by atoms with Crippen LogP contribution in [0.4, 0.5) is 0 Å². The second kappa shape index (κ2) is 9.95. The first-order valence-electron chi connectivity index (χ1n) is 7.05. The summed E-state index contributed by atoms with van der Waals surface area (Å²) in [5, 5.41) is 7.27. The lowest BCUT2D eigenvalue weighted by Crippen LogP contribution is -2.21. The van der Waals surface area contributed by atoms with Crippen LogP contribution in [0.1, 0.15) is 45.1 Å². The van der Waals surface area contributed by atoms with E-state index in [0.717, 1.165) is 37.4 Å². The van der Waals surface area contributed by atoms with Crippen LogP contribution in [0.5, 0.6) is 0 Å². The Morgan fingerprint density at radius 1 is 1.26 bits per heavy atom. The topological polar surface area (TPSA) is 56.5 Å². The van der Waals surface area contributed by atoms with Crippen molar-refractivity contribution in [3.05, 3.63) is 17.5 Å². The molecule has 1 N–H and O–H groups in total. The summed E-state index contributed by atoms with van der Waals surface area (Å²) < 4.78 is 16.0. The number of hydrogen-bond donors (Lipinski definition) is 1. The molecule has 5 nitrogen and oxygen atoms in total. The zero-order valence-corrected chi connectivity index (χ0v) is 12.3. The molecule has 19 heavy (non-hydrogen) atoms. The first-order valence-corrected chi connectivity index (χ1v) is 7.05. The molecule has 0 saturated heterocycles. The largest absolute Gasteiger partial charge is 0.379 e. The summed E-state index contributed by atoms with van der Waals surface area (Å²) >= 11 is 0. The molecule has 0 aliphatic rings. The van der Waals surface area contributed by atoms with Crippen LogP contribution >= 0.6 is 0 Å². The van der Waals surface area contributed by atoms with Gasteiger partial charge in [0.05, 0.1) is 18.9 Å². The molecular formula is C14H26N2O3. The van der Waals surface area contributed by atoms with Crippen LogP contribution < -0.4 is 5.32 Å². The number of ether oxygens (including phenoxy) is 2. The molecule has 0 fully saturated rings. The van der Waals surface area contributed by atoms with Crippen LogP contribution in [0.25, 0.3) is 0 Å². The van der Waals surface area contributed by atoms with E-state index in [1.807, 2.05) is 6.07 Å². The molecule has 1 aromatic heterocycles. The number of rotatable bonds is 11. The maximum Gasteiger partial charge on any atom is 0.162 e. The van der Waals surface area contributed by atoms with Gasteiger partial charge in [-0.3, -0.25) is 0 Å². The summed E-state index contributed by atoms with van der Waals surface area (Å²) in [7, 11) is 0. The van der Waals surface area contributed by atoms with Gasteiger partial charge in [-0.05, 0) is 6.42 Å². The molecule has 0 bridgehead atoms. The van der Waals surface area contributed by atoms with Crippen molar-refractivity contribution in [1.82, 2.24) is 10.5 Å². The molecule has 1 rings (SSSR count). The molecule has 0 aliphatic carbocycles. The molecule has 0 saturated carbocycles. The van der Waals surface area contributed by atoms with E-state index in [-0.39, 0.29) is 0 Å². The Morgan fingerprint density at radius 3 is 2.79 bits per heavy atom. The molecular weight excluding hydrogens is 244 g/mol. The van der Waals surface area contributed by atoms with Gasteiger partial charge in [0, 0.05) is 25.3 Å². The van der Waals surface area contributed by atoms with E-state index < -0.39 is 0 Å². The molecule has 0 radical (unpaired) electrons. The Bertz CT molecular complexity index is 326. The highest BCUT2D eigenvalue weighted by atomic mass is 16.5. The van der Waals surface area contributed by atoms with Gasteiger partial charge in [-0.1, -0.05) is 32.3 Å². The van der Waals surface area contributed by atoms with Gasteiger partial charge >= 0.3 is 0 Å². The first-order chi connectivity index (χ1) is 9.22. The Labute approximate surface area is 115 Å². The summed E-state index contributed by atoms with van der Waals surface area (Å²) in [6.07, 6.45) is 2.26. The quantitative estimate of drug-likeness (QED) is 0.626. The Morgan fingerprint density at radius 2 is 2.05 bits per heavy atom. The second-order valence-electron chi connectivity index (χ2n) is 4.84. The Hall–Kier alpha value is -0.910. The van der Waals surface area contributed by atoms with Crippen molar-refractivity contribution in [2.75, 3.05) is 19.8 Å². The fourth-order valence-electron chi connectivity index (χ4n) is 1.45. The molecule has 0 aromatic carbocycles. The van der Waals surface area contributed by atoms with Gasteiger partial charge in [-0.2, -0.15) is 0 Å². The fourth-order valence-corrected chi connectivity index (χ4v) is 1.45. The van der Waals surface area contributed by atoms with Crippen molar-refractivity contribution in [2.24, 2.45) is 0 Å². The number of hydrogen-bond acceptors (Lipinski definition) is 5. The van der Waals surface area contributed by atoms with E-state index in [4.69, 9.17) is 14.0 Å². The van der Waals surface area contributed by atoms with E-state index in [1.165, 1.54) is 0 Å². The van der Waals surface area contributed by atoms with Crippen molar-refractivity contribution >= 4 is 0 Å². The maximum absolute atomic E-state index is 5.46. The molecule has 0 aliphatic heterocycles. The van der Waals surface area contributed by atoms with Gasteiger partial charge in [-0.25, -0.2) is 0 Å². The van der Waals surface area contributed by atoms with Crippen LogP contribution in [0.2, 0.25) is 0 Å². The summed E-state index contributed by atoms with van der Waals surface area (Å²) in [6.45, 7) is 9.56. The molecule has 110 valence electrons. The highest BCUT2D eigenvalue weighted by Crippen LogP contribution is 2.05. The highest BCUT2D eigenvalue weighted by Gasteiger charge is 2.04. The predicted octanol–water partition coefficient (Wildman–Crippen LogP) is 2.51. The van der Waals surface area contributed by atoms with Crippen molar-refractivity contribution in [2.45, 2.75) is 52.8 Å². The minimum absolute atomic E-state index is 0.441. The van der Waals surface area contributed by atoms with Crippen LogP contribution in [0.15, 0.2) is 10.6 Å². The lowest BCUT2D eigenvalue weighted by Gasteiger charge is -2.04. The van der Waals surface area contributed by atoms with Gasteiger partial charge in [0.2, 0.25) is 0 Å². The second-order valence-corrected chi connectivity index (χ2v) is 4.84. The normalized spacial score (nSPS) is 11.4. The van der Waals surface area contributed by atoms with Gasteiger partial charge in [-0.15, -0.1) is 0 Å². The van der Waals surface area contributed by atoms with E-state index in [1.54, 1.807) is 0 Å². The van der Waals surface area contributed by atoms with Crippen molar-refractivity contribution in [3.63, 3.8) is 0 Å². The Kier molecular flexibility index (Phi) is 8.45. The number of nitrogens with one attached hydrogen (secondary N) is 1. The average molecular weight is 270 g/mol. The van der Waals surface area contributed by atoms with Crippen LogP contribution in [-0.4, -0.2) is 31.0 Å². The third-order valence-corrected chi connectivity index (χ3v) is 2.56. The highest BCUT2D eigenvalue weighted by molar-refractivity contribution is 5.04. The number of nitrogens with zero attached hydrogens (tertiary/aromatic N) is 1. The fraction of sp³-hybridized carbons (Fsp3) is 0.786. The van der Waals surface area contributed by atoms with E-state index in [2.05, 4.69) is 31.2 Å². The zero-order chi connectivity index (χ0) is 13.9. The minimum Gasteiger partial charge on any atom is -0.379 e. The van der Waals surface area contributed by atoms with Gasteiger partial charge in [0.25, 0.3) is 0 Å². The molecule has 5 heteroatoms. The van der Waals surface area contributed by atoms with Gasteiger partial charge in [0.1, 0.15) is 6.61 Å².